The van der Waals surface area contributed by atoms with Crippen molar-refractivity contribution >= 4 is 0 Å². The van der Waals surface area contributed by atoms with Crippen molar-refractivity contribution in [1.82, 2.24) is 0 Å². The van der Waals surface area contributed by atoms with Gasteiger partial charge in [0.25, 0.3) is 0 Å². The minimum Gasteiger partial charge on any atom is -0.392 e. The molecule has 2 nitrogen and oxygen atoms in total. The highest BCUT2D eigenvalue weighted by molar-refractivity contribution is 5.00. The predicted molar refractivity (Wildman–Crippen MR) is 55.6 cm³/mol. The summed E-state index contributed by atoms with van der Waals surface area (Å²) in [5, 5.41) is 18.9. The molecule has 0 rings (SSSR count). The third kappa shape index (κ3) is 5.06. The monoisotopic (exact) mass is 186 g/mol. The summed E-state index contributed by atoms with van der Waals surface area (Å²) in [4.78, 5) is 0. The molecule has 0 amide bonds. The van der Waals surface area contributed by atoms with E-state index < -0.39 is 5.60 Å². The molecule has 0 aromatic heterocycles. The molecule has 13 heavy (non-hydrogen) atoms. The normalized spacial score (nSPS) is 15.4. The quantitative estimate of drug-likeness (QED) is 0.599. The lowest BCUT2D eigenvalue weighted by atomic mass is 9.87. The number of aliphatic hydroxyl groups excluding tert-OH is 1. The maximum atomic E-state index is 10.1. The summed E-state index contributed by atoms with van der Waals surface area (Å²) < 4.78 is 0. The lowest BCUT2D eigenvalue weighted by Crippen LogP contribution is -2.28. The van der Waals surface area contributed by atoms with Gasteiger partial charge in [-0.05, 0) is 24.8 Å². The van der Waals surface area contributed by atoms with Crippen LogP contribution >= 0.6 is 0 Å². The van der Waals surface area contributed by atoms with E-state index in [-0.39, 0.29) is 6.61 Å². The molecule has 0 aromatic rings. The Morgan fingerprint density at radius 2 is 2.00 bits per heavy atom. The summed E-state index contributed by atoms with van der Waals surface area (Å²) in [5.41, 5.74) is 0.0796. The van der Waals surface area contributed by atoms with Gasteiger partial charge in [0.05, 0.1) is 12.2 Å². The molecule has 0 spiro atoms. The van der Waals surface area contributed by atoms with E-state index in [1.54, 1.807) is 0 Å². The van der Waals surface area contributed by atoms with Crippen LogP contribution in [0, 0.1) is 0 Å². The number of unbranched alkanes of at least 4 members (excludes halogenated alkanes) is 1. The van der Waals surface area contributed by atoms with Crippen molar-refractivity contribution in [2.75, 3.05) is 6.61 Å². The van der Waals surface area contributed by atoms with E-state index in [9.17, 15) is 5.11 Å². The van der Waals surface area contributed by atoms with Gasteiger partial charge in [-0.1, -0.05) is 33.3 Å². The van der Waals surface area contributed by atoms with E-state index in [0.717, 1.165) is 31.3 Å². The Balaban J connectivity index is 4.02. The zero-order valence-electron chi connectivity index (χ0n) is 8.84. The highest BCUT2D eigenvalue weighted by atomic mass is 16.3. The summed E-state index contributed by atoms with van der Waals surface area (Å²) >= 11 is 0. The third-order valence-electron chi connectivity index (χ3n) is 2.46. The molecule has 2 heteroatoms. The first kappa shape index (κ1) is 12.7. The third-order valence-corrected chi connectivity index (χ3v) is 2.46. The molecule has 0 saturated carbocycles. The molecule has 0 bridgehead atoms. The topological polar surface area (TPSA) is 40.5 Å². The van der Waals surface area contributed by atoms with Crippen molar-refractivity contribution in [2.24, 2.45) is 0 Å². The Hall–Kier alpha value is -0.340. The van der Waals surface area contributed by atoms with Gasteiger partial charge in [0, 0.05) is 0 Å². The van der Waals surface area contributed by atoms with Crippen LogP contribution in [0.25, 0.3) is 0 Å². The summed E-state index contributed by atoms with van der Waals surface area (Å²) in [6.45, 7) is 7.77. The highest BCUT2D eigenvalue weighted by Crippen LogP contribution is 2.25. The smallest absolute Gasteiger partial charge is 0.0682 e. The SMILES string of the molecule is C=C(CO)CC(O)(CC)CCCC. The van der Waals surface area contributed by atoms with Crippen LogP contribution in [0.4, 0.5) is 0 Å². The molecule has 1 unspecified atom stereocenters. The molecule has 0 aliphatic rings. The van der Waals surface area contributed by atoms with Gasteiger partial charge in [-0.3, -0.25) is 0 Å². The van der Waals surface area contributed by atoms with Gasteiger partial charge in [-0.25, -0.2) is 0 Å². The number of rotatable bonds is 7. The van der Waals surface area contributed by atoms with Crippen LogP contribution in [0.1, 0.15) is 46.0 Å². The van der Waals surface area contributed by atoms with Gasteiger partial charge in [0.2, 0.25) is 0 Å². The highest BCUT2D eigenvalue weighted by Gasteiger charge is 2.24. The van der Waals surface area contributed by atoms with Crippen LogP contribution < -0.4 is 0 Å². The van der Waals surface area contributed by atoms with Crippen LogP contribution in [0.3, 0.4) is 0 Å². The Labute approximate surface area is 81.3 Å². The molecule has 0 heterocycles. The zero-order chi connectivity index (χ0) is 10.3. The summed E-state index contributed by atoms with van der Waals surface area (Å²) in [6.07, 6.45) is 4.18. The van der Waals surface area contributed by atoms with Gasteiger partial charge in [-0.15, -0.1) is 0 Å². The van der Waals surface area contributed by atoms with Crippen LogP contribution in [-0.4, -0.2) is 22.4 Å². The molecule has 0 aliphatic carbocycles. The summed E-state index contributed by atoms with van der Waals surface area (Å²) in [6, 6.07) is 0. The maximum Gasteiger partial charge on any atom is 0.0682 e. The van der Waals surface area contributed by atoms with Crippen molar-refractivity contribution in [3.05, 3.63) is 12.2 Å². The van der Waals surface area contributed by atoms with Crippen molar-refractivity contribution in [2.45, 2.75) is 51.6 Å². The largest absolute Gasteiger partial charge is 0.392 e. The first-order chi connectivity index (χ1) is 6.08. The second-order valence-corrected chi connectivity index (χ2v) is 3.77. The molecule has 0 fully saturated rings. The molecular formula is C11H22O2. The van der Waals surface area contributed by atoms with Crippen molar-refractivity contribution in [1.29, 1.82) is 0 Å². The molecule has 2 N–H and O–H groups in total. The average Bonchev–Trinajstić information content (AvgIpc) is 2.14. The van der Waals surface area contributed by atoms with Gasteiger partial charge in [0.1, 0.15) is 0 Å². The number of aliphatic hydroxyl groups is 2. The second kappa shape index (κ2) is 6.17. The Bertz CT molecular complexity index is 154. The van der Waals surface area contributed by atoms with Gasteiger partial charge < -0.3 is 10.2 Å². The second-order valence-electron chi connectivity index (χ2n) is 3.77. The first-order valence-corrected chi connectivity index (χ1v) is 5.08. The Kier molecular flexibility index (Phi) is 6.00. The van der Waals surface area contributed by atoms with Gasteiger partial charge in [-0.2, -0.15) is 0 Å². The fourth-order valence-electron chi connectivity index (χ4n) is 1.42. The number of hydrogen-bond acceptors (Lipinski definition) is 2. The van der Waals surface area contributed by atoms with E-state index in [2.05, 4.69) is 13.5 Å². The van der Waals surface area contributed by atoms with Crippen LogP contribution in [-0.2, 0) is 0 Å². The van der Waals surface area contributed by atoms with Crippen molar-refractivity contribution < 1.29 is 10.2 Å². The first-order valence-electron chi connectivity index (χ1n) is 5.08. The van der Waals surface area contributed by atoms with E-state index in [1.165, 1.54) is 0 Å². The molecule has 0 aliphatic heterocycles. The average molecular weight is 186 g/mol. The minimum atomic E-state index is -0.643. The molecule has 78 valence electrons. The summed E-state index contributed by atoms with van der Waals surface area (Å²) in [5.74, 6) is 0. The van der Waals surface area contributed by atoms with Crippen LogP contribution in [0.5, 0.6) is 0 Å². The molecule has 0 saturated heterocycles. The van der Waals surface area contributed by atoms with Gasteiger partial charge >= 0.3 is 0 Å². The van der Waals surface area contributed by atoms with E-state index in [0.29, 0.717) is 6.42 Å². The number of hydrogen-bond donors (Lipinski definition) is 2. The van der Waals surface area contributed by atoms with E-state index in [1.807, 2.05) is 6.92 Å². The van der Waals surface area contributed by atoms with Crippen LogP contribution in [0.15, 0.2) is 12.2 Å². The molecule has 1 atom stereocenters. The Morgan fingerprint density at radius 1 is 1.38 bits per heavy atom. The lowest BCUT2D eigenvalue weighted by Gasteiger charge is -2.27. The molecule has 0 radical (unpaired) electrons. The molecule has 0 aromatic carbocycles. The summed E-state index contributed by atoms with van der Waals surface area (Å²) in [7, 11) is 0. The predicted octanol–water partition coefficient (Wildman–Crippen LogP) is 2.26. The van der Waals surface area contributed by atoms with Crippen LogP contribution in [0.2, 0.25) is 0 Å². The zero-order valence-corrected chi connectivity index (χ0v) is 8.84. The lowest BCUT2D eigenvalue weighted by molar-refractivity contribution is 0.0235. The van der Waals surface area contributed by atoms with E-state index in [4.69, 9.17) is 5.11 Å². The maximum absolute atomic E-state index is 10.1. The van der Waals surface area contributed by atoms with E-state index >= 15 is 0 Å². The van der Waals surface area contributed by atoms with Crippen molar-refractivity contribution in [3.63, 3.8) is 0 Å². The fraction of sp³-hybridized carbons (Fsp3) is 0.818. The molecular weight excluding hydrogens is 164 g/mol. The van der Waals surface area contributed by atoms with Gasteiger partial charge in [0.15, 0.2) is 0 Å². The standard InChI is InChI=1S/C11H22O2/c1-4-6-7-11(13,5-2)8-10(3)9-12/h12-13H,3-9H2,1-2H3. The fourth-order valence-corrected chi connectivity index (χ4v) is 1.42. The van der Waals surface area contributed by atoms with Crippen molar-refractivity contribution in [3.8, 4) is 0 Å². The Morgan fingerprint density at radius 3 is 2.38 bits per heavy atom. The minimum absolute atomic E-state index is 0.0194.